The molecule has 3 aliphatic rings. The second-order valence-electron chi connectivity index (χ2n) is 13.2. The van der Waals surface area contributed by atoms with E-state index in [4.69, 9.17) is 4.74 Å². The summed E-state index contributed by atoms with van der Waals surface area (Å²) < 4.78 is 33.1. The van der Waals surface area contributed by atoms with Gasteiger partial charge in [0, 0.05) is 51.1 Å². The normalized spacial score (nSPS) is 24.0. The molecule has 0 radical (unpaired) electrons. The number of sulfonamides is 1. The number of rotatable bonds is 15. The summed E-state index contributed by atoms with van der Waals surface area (Å²) in [6.45, 7) is 6.51. The highest BCUT2D eigenvalue weighted by molar-refractivity contribution is 7.89. The first-order valence-electron chi connectivity index (χ1n) is 15.7. The van der Waals surface area contributed by atoms with E-state index < -0.39 is 28.0 Å². The van der Waals surface area contributed by atoms with E-state index in [2.05, 4.69) is 34.1 Å². The number of nitrogens with zero attached hydrogens (tertiary/aromatic N) is 4. The number of fused-ring (bicyclic) bond motifs is 1. The molecule has 0 aliphatic carbocycles. The molecule has 4 rings (SSSR count). The molecular formula is C31H51N4O6S+. The van der Waals surface area contributed by atoms with Crippen molar-refractivity contribution in [3.63, 3.8) is 0 Å². The second kappa shape index (κ2) is 14.1. The van der Waals surface area contributed by atoms with Crippen LogP contribution in [-0.4, -0.2) is 129 Å². The summed E-state index contributed by atoms with van der Waals surface area (Å²) in [5.74, 6) is -0.915. The number of quaternary nitrogens is 1. The zero-order valence-corrected chi connectivity index (χ0v) is 26.8. The molecule has 10 nitrogen and oxygen atoms in total. The molecule has 11 heteroatoms. The lowest BCUT2D eigenvalue weighted by Crippen LogP contribution is -2.46. The van der Waals surface area contributed by atoms with E-state index in [0.29, 0.717) is 45.6 Å². The molecule has 3 aliphatic heterocycles. The number of ether oxygens (including phenoxy) is 1. The first-order chi connectivity index (χ1) is 19.9. The van der Waals surface area contributed by atoms with Crippen LogP contribution < -0.4 is 4.74 Å². The van der Waals surface area contributed by atoms with Gasteiger partial charge in [-0.3, -0.25) is 14.5 Å². The van der Waals surface area contributed by atoms with Gasteiger partial charge in [-0.15, -0.1) is 0 Å². The smallest absolute Gasteiger partial charge is 0.308 e. The van der Waals surface area contributed by atoms with Crippen molar-refractivity contribution in [1.29, 1.82) is 0 Å². The van der Waals surface area contributed by atoms with Gasteiger partial charge in [0.2, 0.25) is 15.9 Å². The third kappa shape index (κ3) is 8.24. The highest BCUT2D eigenvalue weighted by Crippen LogP contribution is 2.41. The van der Waals surface area contributed by atoms with Gasteiger partial charge < -0.3 is 19.2 Å². The Hall–Kier alpha value is -2.21. The molecule has 0 aromatic heterocycles. The van der Waals surface area contributed by atoms with Crippen LogP contribution in [0.2, 0.25) is 0 Å². The number of likely N-dealkylation sites (tertiary alicyclic amines) is 1. The van der Waals surface area contributed by atoms with Crippen molar-refractivity contribution < 1.29 is 32.3 Å². The van der Waals surface area contributed by atoms with E-state index >= 15 is 0 Å². The van der Waals surface area contributed by atoms with Gasteiger partial charge >= 0.3 is 5.97 Å². The fraction of sp³-hybridized carbons (Fsp3) is 0.742. The van der Waals surface area contributed by atoms with Gasteiger partial charge in [0.1, 0.15) is 5.75 Å². The van der Waals surface area contributed by atoms with E-state index in [9.17, 15) is 23.1 Å². The van der Waals surface area contributed by atoms with Crippen molar-refractivity contribution in [2.45, 2.75) is 63.8 Å². The van der Waals surface area contributed by atoms with E-state index in [1.165, 1.54) is 4.31 Å². The summed E-state index contributed by atoms with van der Waals surface area (Å²) in [5, 5.41) is 10.5. The Bertz CT molecular complexity index is 1200. The van der Waals surface area contributed by atoms with E-state index in [1.54, 1.807) is 0 Å². The summed E-state index contributed by atoms with van der Waals surface area (Å²) in [6.07, 6.45) is 5.65. The van der Waals surface area contributed by atoms with Crippen LogP contribution in [0, 0.1) is 5.92 Å². The third-order valence-electron chi connectivity index (χ3n) is 9.03. The van der Waals surface area contributed by atoms with Crippen molar-refractivity contribution >= 4 is 21.9 Å². The maximum atomic E-state index is 13.8. The SMILES string of the molecule is CCCCN(CCCC[N+](C)(C)C)C(=O)CN1C[C@H](c2ccc3c(c2)CCO3)C(C(=O)O)[C@@H]1CCN1CCCS1(=O)=O. The van der Waals surface area contributed by atoms with Gasteiger partial charge in [-0.2, -0.15) is 0 Å². The van der Waals surface area contributed by atoms with Gasteiger partial charge in [-0.25, -0.2) is 12.7 Å². The minimum absolute atomic E-state index is 0.0274. The number of carboxylic acids is 1. The Morgan fingerprint density at radius 3 is 2.57 bits per heavy atom. The molecular weight excluding hydrogens is 556 g/mol. The molecule has 42 heavy (non-hydrogen) atoms. The highest BCUT2D eigenvalue weighted by Gasteiger charge is 2.47. The van der Waals surface area contributed by atoms with Gasteiger partial charge in [-0.05, 0) is 49.3 Å². The predicted molar refractivity (Wildman–Crippen MR) is 163 cm³/mol. The molecule has 3 heterocycles. The Labute approximate surface area is 252 Å². The lowest BCUT2D eigenvalue weighted by molar-refractivity contribution is -0.870. The topological polar surface area (TPSA) is 107 Å². The van der Waals surface area contributed by atoms with Crippen molar-refractivity contribution in [3.05, 3.63) is 29.3 Å². The summed E-state index contributed by atoms with van der Waals surface area (Å²) in [5.41, 5.74) is 2.04. The number of unbranched alkanes of at least 4 members (excludes halogenated alkanes) is 2. The number of amides is 1. The number of carbonyl (C=O) groups is 2. The maximum Gasteiger partial charge on any atom is 0.308 e. The summed E-state index contributed by atoms with van der Waals surface area (Å²) in [7, 11) is 3.21. The summed E-state index contributed by atoms with van der Waals surface area (Å²) >= 11 is 0. The first-order valence-corrected chi connectivity index (χ1v) is 17.3. The van der Waals surface area contributed by atoms with Crippen molar-refractivity contribution in [3.8, 4) is 5.75 Å². The van der Waals surface area contributed by atoms with E-state index in [0.717, 1.165) is 60.0 Å². The van der Waals surface area contributed by atoms with Crippen molar-refractivity contribution in [2.75, 3.05) is 79.3 Å². The van der Waals surface area contributed by atoms with E-state index in [1.807, 2.05) is 21.9 Å². The fourth-order valence-electron chi connectivity index (χ4n) is 6.72. The second-order valence-corrected chi connectivity index (χ2v) is 15.3. The number of hydrogen-bond donors (Lipinski definition) is 1. The lowest BCUT2D eigenvalue weighted by Gasteiger charge is -2.31. The summed E-state index contributed by atoms with van der Waals surface area (Å²) in [4.78, 5) is 30.6. The van der Waals surface area contributed by atoms with Crippen molar-refractivity contribution in [1.82, 2.24) is 14.1 Å². The van der Waals surface area contributed by atoms with Crippen LogP contribution >= 0.6 is 0 Å². The fourth-order valence-corrected chi connectivity index (χ4v) is 8.26. The summed E-state index contributed by atoms with van der Waals surface area (Å²) in [6, 6.07) is 5.51. The van der Waals surface area contributed by atoms with E-state index in [-0.39, 0.29) is 30.7 Å². The van der Waals surface area contributed by atoms with Gasteiger partial charge in [-0.1, -0.05) is 25.5 Å². The van der Waals surface area contributed by atoms with Crippen LogP contribution in [0.5, 0.6) is 5.75 Å². The van der Waals surface area contributed by atoms with Gasteiger partial charge in [0.15, 0.2) is 0 Å². The minimum atomic E-state index is -3.30. The Balaban J connectivity index is 1.54. The zero-order chi connectivity index (χ0) is 30.5. The molecule has 3 atom stereocenters. The zero-order valence-electron chi connectivity index (χ0n) is 26.0. The molecule has 1 unspecified atom stereocenters. The van der Waals surface area contributed by atoms with Gasteiger partial charge in [0.05, 0.1) is 52.5 Å². The molecule has 1 amide bonds. The molecule has 1 aromatic rings. The number of benzene rings is 1. The average molecular weight is 608 g/mol. The van der Waals surface area contributed by atoms with Crippen LogP contribution in [0.15, 0.2) is 18.2 Å². The standard InChI is InChI=1S/C31H50N4O6S/c1-5-6-14-32(15-7-8-18-35(2,3)4)29(36)23-33-22-26(24-10-11-28-25(21-24)13-19-41-28)30(31(37)38)27(33)12-17-34-16-9-20-42(34,39)40/h10-11,21,26-27,30H,5-9,12-20,22-23H2,1-4H3/p+1/t26-,27+,30?/m1/s1. The van der Waals surface area contributed by atoms with Crippen LogP contribution in [0.1, 0.15) is 62.5 Å². The van der Waals surface area contributed by atoms with Crippen LogP contribution in [-0.2, 0) is 26.0 Å². The molecule has 2 fully saturated rings. The minimum Gasteiger partial charge on any atom is -0.493 e. The van der Waals surface area contributed by atoms with Crippen LogP contribution in [0.25, 0.3) is 0 Å². The molecule has 0 bridgehead atoms. The monoisotopic (exact) mass is 607 g/mol. The Morgan fingerprint density at radius 1 is 1.14 bits per heavy atom. The first kappa shape index (κ1) is 32.7. The number of aliphatic carboxylic acids is 1. The molecule has 1 aromatic carbocycles. The predicted octanol–water partition coefficient (Wildman–Crippen LogP) is 2.63. The highest BCUT2D eigenvalue weighted by atomic mass is 32.2. The third-order valence-corrected chi connectivity index (χ3v) is 11.0. The lowest BCUT2D eigenvalue weighted by atomic mass is 9.83. The Morgan fingerprint density at radius 2 is 1.90 bits per heavy atom. The molecule has 236 valence electrons. The average Bonchev–Trinajstić information content (AvgIpc) is 3.62. The van der Waals surface area contributed by atoms with Gasteiger partial charge in [0.25, 0.3) is 0 Å². The molecule has 0 spiro atoms. The quantitative estimate of drug-likeness (QED) is 0.241. The van der Waals surface area contributed by atoms with Crippen molar-refractivity contribution in [2.24, 2.45) is 5.92 Å². The molecule has 2 saturated heterocycles. The van der Waals surface area contributed by atoms with Crippen LogP contribution in [0.3, 0.4) is 0 Å². The molecule has 1 N–H and O–H groups in total. The number of carboxylic acid groups (broad SMARTS) is 1. The molecule has 0 saturated carbocycles. The Kier molecular flexibility index (Phi) is 10.9. The number of hydrogen-bond acceptors (Lipinski definition) is 6. The number of carbonyl (C=O) groups excluding carboxylic acids is 1. The largest absolute Gasteiger partial charge is 0.493 e. The maximum absolute atomic E-state index is 13.8. The van der Waals surface area contributed by atoms with Crippen LogP contribution in [0.4, 0.5) is 0 Å².